The second-order valence-corrected chi connectivity index (χ2v) is 5.54. The highest BCUT2D eigenvalue weighted by molar-refractivity contribution is 6.07. The molecule has 0 saturated heterocycles. The van der Waals surface area contributed by atoms with Crippen LogP contribution in [0.4, 0.5) is 0 Å². The largest absolute Gasteiger partial charge is 0.496 e. The van der Waals surface area contributed by atoms with Crippen LogP contribution in [0.2, 0.25) is 0 Å². The van der Waals surface area contributed by atoms with E-state index < -0.39 is 0 Å². The van der Waals surface area contributed by atoms with Gasteiger partial charge in [-0.25, -0.2) is 4.79 Å². The van der Waals surface area contributed by atoms with E-state index in [4.69, 9.17) is 9.47 Å². The molecule has 0 radical (unpaired) electrons. The molecule has 0 bridgehead atoms. The van der Waals surface area contributed by atoms with Gasteiger partial charge in [0, 0.05) is 0 Å². The number of fused-ring (bicyclic) bond motifs is 1. The van der Waals surface area contributed by atoms with Crippen molar-refractivity contribution in [3.05, 3.63) is 42.0 Å². The third-order valence-electron chi connectivity index (χ3n) is 3.47. The fraction of sp³-hybridized carbons (Fsp3) is 0.389. The van der Waals surface area contributed by atoms with E-state index in [2.05, 4.69) is 13.8 Å². The Morgan fingerprint density at radius 1 is 1.14 bits per heavy atom. The van der Waals surface area contributed by atoms with Crippen molar-refractivity contribution in [3.63, 3.8) is 0 Å². The number of hydrogen-bond acceptors (Lipinski definition) is 3. The van der Waals surface area contributed by atoms with E-state index in [1.165, 1.54) is 0 Å². The van der Waals surface area contributed by atoms with Gasteiger partial charge in [0.1, 0.15) is 11.3 Å². The maximum absolute atomic E-state index is 12.4. The van der Waals surface area contributed by atoms with Crippen molar-refractivity contribution in [2.45, 2.75) is 26.7 Å². The van der Waals surface area contributed by atoms with Crippen molar-refractivity contribution in [2.75, 3.05) is 13.7 Å². The number of esters is 1. The summed E-state index contributed by atoms with van der Waals surface area (Å²) in [6.45, 7) is 4.77. The second-order valence-electron chi connectivity index (χ2n) is 5.54. The highest BCUT2D eigenvalue weighted by atomic mass is 16.5. The Morgan fingerprint density at radius 2 is 1.90 bits per heavy atom. The van der Waals surface area contributed by atoms with E-state index in [0.29, 0.717) is 23.8 Å². The van der Waals surface area contributed by atoms with Crippen molar-refractivity contribution < 1.29 is 14.3 Å². The minimum atomic E-state index is -0.313. The predicted octanol–water partition coefficient (Wildman–Crippen LogP) is 4.44. The van der Waals surface area contributed by atoms with Crippen LogP contribution in [0.15, 0.2) is 36.4 Å². The van der Waals surface area contributed by atoms with Crippen LogP contribution < -0.4 is 4.74 Å². The smallest absolute Gasteiger partial charge is 0.342 e. The molecule has 0 aromatic heterocycles. The van der Waals surface area contributed by atoms with Crippen LogP contribution in [0, 0.1) is 5.92 Å². The van der Waals surface area contributed by atoms with E-state index in [-0.39, 0.29) is 5.97 Å². The van der Waals surface area contributed by atoms with Crippen LogP contribution in [0.3, 0.4) is 0 Å². The standard InChI is InChI=1S/C18H22O3/c1-13(2)7-6-12-21-18(19)17-15-9-5-4-8-14(15)10-11-16(17)20-3/h4-5,8-11,13H,6-7,12H2,1-3H3. The first kappa shape index (κ1) is 15.4. The Kier molecular flexibility index (Phi) is 5.20. The molecule has 0 fully saturated rings. The van der Waals surface area contributed by atoms with Gasteiger partial charge in [-0.15, -0.1) is 0 Å². The van der Waals surface area contributed by atoms with Gasteiger partial charge < -0.3 is 9.47 Å². The molecule has 112 valence electrons. The Hall–Kier alpha value is -2.03. The summed E-state index contributed by atoms with van der Waals surface area (Å²) in [7, 11) is 1.57. The summed E-state index contributed by atoms with van der Waals surface area (Å²) in [5.41, 5.74) is 0.514. The minimum absolute atomic E-state index is 0.313. The van der Waals surface area contributed by atoms with Crippen molar-refractivity contribution in [1.82, 2.24) is 0 Å². The topological polar surface area (TPSA) is 35.5 Å². The van der Waals surface area contributed by atoms with Gasteiger partial charge in [0.15, 0.2) is 0 Å². The molecule has 0 saturated carbocycles. The van der Waals surface area contributed by atoms with Gasteiger partial charge >= 0.3 is 5.97 Å². The lowest BCUT2D eigenvalue weighted by Crippen LogP contribution is -2.09. The highest BCUT2D eigenvalue weighted by Gasteiger charge is 2.17. The van der Waals surface area contributed by atoms with Crippen LogP contribution in [0.5, 0.6) is 5.75 Å². The van der Waals surface area contributed by atoms with Crippen molar-refractivity contribution >= 4 is 16.7 Å². The zero-order chi connectivity index (χ0) is 15.2. The summed E-state index contributed by atoms with van der Waals surface area (Å²) in [5, 5.41) is 1.87. The minimum Gasteiger partial charge on any atom is -0.496 e. The van der Waals surface area contributed by atoms with Crippen LogP contribution in [-0.4, -0.2) is 19.7 Å². The number of rotatable bonds is 6. The molecule has 2 aromatic rings. The summed E-state index contributed by atoms with van der Waals surface area (Å²) in [6.07, 6.45) is 1.94. The summed E-state index contributed by atoms with van der Waals surface area (Å²) in [4.78, 5) is 12.4. The summed E-state index contributed by atoms with van der Waals surface area (Å²) >= 11 is 0. The molecule has 0 aliphatic heterocycles. The second kappa shape index (κ2) is 7.11. The molecule has 0 atom stereocenters. The molecular weight excluding hydrogens is 264 g/mol. The SMILES string of the molecule is COc1ccc2ccccc2c1C(=O)OCCCC(C)C. The fourth-order valence-electron chi connectivity index (χ4n) is 2.36. The van der Waals surface area contributed by atoms with Crippen LogP contribution in [0.1, 0.15) is 37.0 Å². The van der Waals surface area contributed by atoms with Gasteiger partial charge in [0.05, 0.1) is 13.7 Å². The maximum Gasteiger partial charge on any atom is 0.342 e. The van der Waals surface area contributed by atoms with Crippen molar-refractivity contribution in [3.8, 4) is 5.75 Å². The Bertz CT molecular complexity index is 617. The fourth-order valence-corrected chi connectivity index (χ4v) is 2.36. The number of methoxy groups -OCH3 is 1. The lowest BCUT2D eigenvalue weighted by atomic mass is 10.0. The number of carbonyl (C=O) groups is 1. The van der Waals surface area contributed by atoms with E-state index >= 15 is 0 Å². The maximum atomic E-state index is 12.4. The summed E-state index contributed by atoms with van der Waals surface area (Å²) in [6, 6.07) is 11.5. The number of carbonyl (C=O) groups excluding carboxylic acids is 1. The number of benzene rings is 2. The zero-order valence-electron chi connectivity index (χ0n) is 12.9. The van der Waals surface area contributed by atoms with Gasteiger partial charge in [-0.3, -0.25) is 0 Å². The molecule has 0 aliphatic carbocycles. The molecule has 0 amide bonds. The van der Waals surface area contributed by atoms with Crippen LogP contribution in [0.25, 0.3) is 10.8 Å². The monoisotopic (exact) mass is 286 g/mol. The summed E-state index contributed by atoms with van der Waals surface area (Å²) < 4.78 is 10.7. The molecule has 3 nitrogen and oxygen atoms in total. The van der Waals surface area contributed by atoms with E-state index in [1.54, 1.807) is 7.11 Å². The molecule has 0 spiro atoms. The molecular formula is C18H22O3. The molecule has 0 unspecified atom stereocenters. The highest BCUT2D eigenvalue weighted by Crippen LogP contribution is 2.28. The van der Waals surface area contributed by atoms with Crippen molar-refractivity contribution in [2.24, 2.45) is 5.92 Å². The Balaban J connectivity index is 2.21. The normalized spacial score (nSPS) is 10.9. The number of hydrogen-bond donors (Lipinski definition) is 0. The average Bonchev–Trinajstić information content (AvgIpc) is 2.49. The average molecular weight is 286 g/mol. The lowest BCUT2D eigenvalue weighted by Gasteiger charge is -2.12. The Labute approximate surface area is 125 Å². The number of ether oxygens (including phenoxy) is 2. The van der Waals surface area contributed by atoms with E-state index in [9.17, 15) is 4.79 Å². The first-order valence-corrected chi connectivity index (χ1v) is 7.36. The molecule has 0 heterocycles. The quantitative estimate of drug-likeness (QED) is 0.581. The summed E-state index contributed by atoms with van der Waals surface area (Å²) in [5.74, 6) is 0.866. The molecule has 0 N–H and O–H groups in total. The predicted molar refractivity (Wildman–Crippen MR) is 84.9 cm³/mol. The van der Waals surface area contributed by atoms with Gasteiger partial charge in [0.25, 0.3) is 0 Å². The molecule has 2 rings (SSSR count). The first-order chi connectivity index (χ1) is 10.1. The van der Waals surface area contributed by atoms with Gasteiger partial charge in [0.2, 0.25) is 0 Å². The van der Waals surface area contributed by atoms with Crippen molar-refractivity contribution in [1.29, 1.82) is 0 Å². The van der Waals surface area contributed by atoms with Gasteiger partial charge in [-0.2, -0.15) is 0 Å². The molecule has 21 heavy (non-hydrogen) atoms. The Morgan fingerprint density at radius 3 is 2.62 bits per heavy atom. The van der Waals surface area contributed by atoms with Crippen LogP contribution in [-0.2, 0) is 4.74 Å². The molecule has 2 aromatic carbocycles. The van der Waals surface area contributed by atoms with Crippen LogP contribution >= 0.6 is 0 Å². The van der Waals surface area contributed by atoms with E-state index in [0.717, 1.165) is 23.6 Å². The first-order valence-electron chi connectivity index (χ1n) is 7.36. The van der Waals surface area contributed by atoms with Gasteiger partial charge in [-0.1, -0.05) is 44.2 Å². The van der Waals surface area contributed by atoms with E-state index in [1.807, 2.05) is 36.4 Å². The molecule has 0 aliphatic rings. The lowest BCUT2D eigenvalue weighted by molar-refractivity contribution is 0.0493. The third kappa shape index (κ3) is 3.75. The zero-order valence-corrected chi connectivity index (χ0v) is 12.9. The van der Waals surface area contributed by atoms with Gasteiger partial charge in [-0.05, 0) is 35.6 Å². The third-order valence-corrected chi connectivity index (χ3v) is 3.47. The molecule has 3 heteroatoms.